The summed E-state index contributed by atoms with van der Waals surface area (Å²) in [5.74, 6) is 0. The fourth-order valence-corrected chi connectivity index (χ4v) is 12.4. The van der Waals surface area contributed by atoms with E-state index in [1.165, 1.54) is 0 Å². The molecule has 0 nitrogen and oxygen atoms in total. The van der Waals surface area contributed by atoms with Crippen LogP contribution in [-0.2, 0) is 20.0 Å². The summed E-state index contributed by atoms with van der Waals surface area (Å²) in [4.78, 5) is 0. The second kappa shape index (κ2) is 8.62. The van der Waals surface area contributed by atoms with Gasteiger partial charge in [-0.2, -0.15) is 0 Å². The molecule has 0 radical (unpaired) electrons. The van der Waals surface area contributed by atoms with Crippen molar-refractivity contribution in [2.24, 2.45) is 0 Å². The first-order valence-corrected chi connectivity index (χ1v) is 13.2. The molecule has 0 aromatic heterocycles. The van der Waals surface area contributed by atoms with Crippen molar-refractivity contribution in [2.45, 2.75) is 20.0 Å². The number of hydrogen-bond acceptors (Lipinski definition) is 0. The van der Waals surface area contributed by atoms with E-state index in [9.17, 15) is 13.2 Å². The molecule has 0 amide bonds. The number of alkyl halides is 3. The Hall–Kier alpha value is -1.67. The monoisotopic (exact) mass is 536 g/mol. The number of hydrogen-bond donors (Lipinski definition) is 0. The normalized spacial score (nSPS) is 11.0. The minimum absolute atomic E-state index is 0.513. The van der Waals surface area contributed by atoms with Crippen LogP contribution in [0.3, 0.4) is 0 Å². The van der Waals surface area contributed by atoms with Crippen molar-refractivity contribution in [3.8, 4) is 0 Å². The standard InChI is InChI=1S/3C7H6F.Bi/c3*8-6-7-4-2-1-3-5-7;/h3*1-2,4-5H,6H2;. The molecule has 3 rings (SSSR count). The molecule has 0 atom stereocenters. The van der Waals surface area contributed by atoms with Gasteiger partial charge in [-0.25, -0.2) is 0 Å². The van der Waals surface area contributed by atoms with Crippen molar-refractivity contribution in [1.29, 1.82) is 0 Å². The molecule has 0 aliphatic carbocycles. The molecular formula is C21H18BiF3. The molecular weight excluding hydrogens is 518 g/mol. The zero-order valence-corrected chi connectivity index (χ0v) is 17.1. The van der Waals surface area contributed by atoms with Gasteiger partial charge in [0, 0.05) is 0 Å². The molecule has 0 N–H and O–H groups in total. The van der Waals surface area contributed by atoms with Gasteiger partial charge in [0.15, 0.2) is 0 Å². The Morgan fingerprint density at radius 1 is 0.520 bits per heavy atom. The van der Waals surface area contributed by atoms with Gasteiger partial charge < -0.3 is 0 Å². The summed E-state index contributed by atoms with van der Waals surface area (Å²) in [6.07, 6.45) is 0. The Morgan fingerprint density at radius 2 is 0.840 bits per heavy atom. The molecule has 0 aliphatic rings. The first-order valence-electron chi connectivity index (χ1n) is 8.00. The molecule has 0 saturated carbocycles. The fraction of sp³-hybridized carbons (Fsp3) is 0.143. The van der Waals surface area contributed by atoms with Crippen LogP contribution in [0.15, 0.2) is 72.8 Å². The van der Waals surface area contributed by atoms with Gasteiger partial charge in [-0.1, -0.05) is 0 Å². The van der Waals surface area contributed by atoms with E-state index in [1.54, 1.807) is 18.2 Å². The van der Waals surface area contributed by atoms with Crippen molar-refractivity contribution in [3.05, 3.63) is 89.5 Å². The van der Waals surface area contributed by atoms with Crippen LogP contribution in [-0.4, -0.2) is 21.8 Å². The van der Waals surface area contributed by atoms with Crippen LogP contribution in [0.1, 0.15) is 16.7 Å². The fourth-order valence-electron chi connectivity index (χ4n) is 2.78. The Kier molecular flexibility index (Phi) is 6.25. The van der Waals surface area contributed by atoms with Crippen LogP contribution in [0, 0.1) is 0 Å². The zero-order chi connectivity index (χ0) is 17.6. The molecule has 0 fully saturated rings. The molecule has 0 heterocycles. The third-order valence-electron chi connectivity index (χ3n) is 3.97. The maximum atomic E-state index is 13.1. The second-order valence-corrected chi connectivity index (χ2v) is 14.4. The minimum atomic E-state index is -2.74. The van der Waals surface area contributed by atoms with Crippen LogP contribution in [0.5, 0.6) is 0 Å². The average molecular weight is 536 g/mol. The van der Waals surface area contributed by atoms with Crippen LogP contribution in [0.2, 0.25) is 0 Å². The predicted octanol–water partition coefficient (Wildman–Crippen LogP) is 3.61. The molecule has 0 saturated heterocycles. The van der Waals surface area contributed by atoms with Gasteiger partial charge in [0.25, 0.3) is 0 Å². The first-order chi connectivity index (χ1) is 12.2. The van der Waals surface area contributed by atoms with Gasteiger partial charge in [0.1, 0.15) is 0 Å². The van der Waals surface area contributed by atoms with E-state index in [0.29, 0.717) is 16.7 Å². The van der Waals surface area contributed by atoms with E-state index in [1.807, 2.05) is 54.6 Å². The van der Waals surface area contributed by atoms with Gasteiger partial charge in [0.2, 0.25) is 0 Å². The predicted molar refractivity (Wildman–Crippen MR) is 98.4 cm³/mol. The summed E-state index contributed by atoms with van der Waals surface area (Å²) in [5.41, 5.74) is 1.92. The third kappa shape index (κ3) is 4.30. The van der Waals surface area contributed by atoms with Crippen molar-refractivity contribution >= 4 is 31.6 Å². The van der Waals surface area contributed by atoms with Crippen LogP contribution in [0.4, 0.5) is 13.2 Å². The second-order valence-electron chi connectivity index (χ2n) is 5.75. The van der Waals surface area contributed by atoms with Crippen LogP contribution < -0.4 is 9.81 Å². The van der Waals surface area contributed by atoms with Crippen molar-refractivity contribution in [1.82, 2.24) is 0 Å². The number of halogens is 3. The molecule has 0 bridgehead atoms. The molecule has 3 aromatic rings. The summed E-state index contributed by atoms with van der Waals surface area (Å²) >= 11 is -2.74. The van der Waals surface area contributed by atoms with E-state index in [4.69, 9.17) is 0 Å². The van der Waals surface area contributed by atoms with Gasteiger partial charge in [-0.3, -0.25) is 0 Å². The summed E-state index contributed by atoms with van der Waals surface area (Å²) in [6.45, 7) is -1.54. The molecule has 0 aliphatic heterocycles. The van der Waals surface area contributed by atoms with E-state index in [-0.39, 0.29) is 0 Å². The quantitative estimate of drug-likeness (QED) is 0.423. The Labute approximate surface area is 154 Å². The zero-order valence-electron chi connectivity index (χ0n) is 13.6. The van der Waals surface area contributed by atoms with Crippen molar-refractivity contribution in [3.63, 3.8) is 0 Å². The Bertz CT molecular complexity index is 735. The van der Waals surface area contributed by atoms with Gasteiger partial charge in [-0.15, -0.1) is 0 Å². The van der Waals surface area contributed by atoms with Gasteiger partial charge >= 0.3 is 154 Å². The summed E-state index contributed by atoms with van der Waals surface area (Å²) in [6, 6.07) is 22.7. The summed E-state index contributed by atoms with van der Waals surface area (Å²) < 4.78 is 42.7. The Balaban J connectivity index is 2.16. The first kappa shape index (κ1) is 18.1. The van der Waals surface area contributed by atoms with Crippen molar-refractivity contribution < 1.29 is 13.2 Å². The molecule has 25 heavy (non-hydrogen) atoms. The Morgan fingerprint density at radius 3 is 1.12 bits per heavy atom. The molecule has 0 unspecified atom stereocenters. The molecule has 4 heteroatoms. The maximum absolute atomic E-state index is 13.1. The van der Waals surface area contributed by atoms with E-state index in [0.717, 1.165) is 9.81 Å². The van der Waals surface area contributed by atoms with Crippen LogP contribution in [0.25, 0.3) is 0 Å². The van der Waals surface area contributed by atoms with E-state index < -0.39 is 41.8 Å². The van der Waals surface area contributed by atoms with Crippen molar-refractivity contribution in [2.75, 3.05) is 0 Å². The number of benzene rings is 3. The topological polar surface area (TPSA) is 0 Å². The van der Waals surface area contributed by atoms with E-state index in [2.05, 4.69) is 0 Å². The SMILES string of the molecule is FCc1ccc[c]([Bi]([c]2cccc(CF)c2)[c]2cccc(CF)c2)c1. The van der Waals surface area contributed by atoms with Gasteiger partial charge in [-0.05, 0) is 0 Å². The summed E-state index contributed by atoms with van der Waals surface area (Å²) in [7, 11) is 0. The molecule has 128 valence electrons. The molecule has 0 spiro atoms. The van der Waals surface area contributed by atoms with Gasteiger partial charge in [0.05, 0.1) is 0 Å². The summed E-state index contributed by atoms with van der Waals surface area (Å²) in [5, 5.41) is 0. The number of rotatable bonds is 6. The third-order valence-corrected chi connectivity index (χ3v) is 13.2. The van der Waals surface area contributed by atoms with Crippen LogP contribution >= 0.6 is 0 Å². The average Bonchev–Trinajstić information content (AvgIpc) is 2.68. The van der Waals surface area contributed by atoms with E-state index >= 15 is 0 Å². The molecule has 3 aromatic carbocycles.